The van der Waals surface area contributed by atoms with E-state index in [2.05, 4.69) is 48.6 Å². The van der Waals surface area contributed by atoms with Crippen LogP contribution in [0.1, 0.15) is 79.3 Å². The number of hydrogen-bond acceptors (Lipinski definition) is 8. The number of benzene rings is 2. The lowest BCUT2D eigenvalue weighted by Crippen LogP contribution is -2.43. The lowest BCUT2D eigenvalue weighted by atomic mass is 9.82. The molecule has 1 saturated carbocycles. The average Bonchev–Trinajstić information content (AvgIpc) is 3.51. The molecule has 5 aromatic rings. The molecule has 1 N–H and O–H groups in total. The Morgan fingerprint density at radius 2 is 1.67 bits per heavy atom. The Morgan fingerprint density at radius 3 is 2.46 bits per heavy atom. The smallest absolute Gasteiger partial charge is 0.337 e. The first kappa shape index (κ1) is 36.2. The van der Waals surface area contributed by atoms with Crippen LogP contribution in [0.5, 0.6) is 0 Å². The number of halogens is 1. The molecular weight excluding hydrogens is 686 g/mol. The number of aliphatic hydroxyl groups excluding tert-OH is 1. The molecule has 0 radical (unpaired) electrons. The summed E-state index contributed by atoms with van der Waals surface area (Å²) in [5.41, 5.74) is 3.25. The number of ketones is 1. The third-order valence-electron chi connectivity index (χ3n) is 11.6. The number of carbonyl (C=O) groups is 1. The highest BCUT2D eigenvalue weighted by atomic mass is 19.1. The Kier molecular flexibility index (Phi) is 10.7. The Bertz CT molecular complexity index is 2230. The third kappa shape index (κ3) is 7.60. The maximum Gasteiger partial charge on any atom is 0.337 e. The number of rotatable bonds is 10. The Morgan fingerprint density at radius 1 is 0.870 bits per heavy atom. The van der Waals surface area contributed by atoms with Crippen molar-refractivity contribution in [3.05, 3.63) is 111 Å². The van der Waals surface area contributed by atoms with Gasteiger partial charge in [0.15, 0.2) is 11.4 Å². The van der Waals surface area contributed by atoms with Crippen molar-refractivity contribution >= 4 is 16.8 Å². The van der Waals surface area contributed by atoms with Crippen LogP contribution in [0.3, 0.4) is 0 Å². The number of nitrogens with zero attached hydrogens (tertiary/aromatic N) is 7. The van der Waals surface area contributed by atoms with Gasteiger partial charge in [0.2, 0.25) is 0 Å². The van der Waals surface area contributed by atoms with Gasteiger partial charge in [0.1, 0.15) is 17.3 Å². The number of aryl methyl sites for hydroxylation is 2. The summed E-state index contributed by atoms with van der Waals surface area (Å²) in [6.07, 6.45) is 10.0. The van der Waals surface area contributed by atoms with Gasteiger partial charge in [0.25, 0.3) is 5.56 Å². The molecule has 1 saturated heterocycles. The summed E-state index contributed by atoms with van der Waals surface area (Å²) in [6, 6.07) is 16.8. The maximum absolute atomic E-state index is 14.6. The standard InChI is InChI=1S/C42H48FN7O4/c43-33-25-36-40(44-26-33)49(35-6-3-5-32(24-35)31-12-8-30(9-13-31)27-47-17-4-16-46(19-20-47)21-22-51)42(54)50(41(36)53)34-14-10-29(11-15-34)23-38(52)37-28-48-18-2-1-7-39(48)45-37/h3,5-6,8-9,12-13,24-26,28-29,34,51H,1-2,4,7,10-11,14-23,27H2. The quantitative estimate of drug-likeness (QED) is 0.190. The van der Waals surface area contributed by atoms with Crippen molar-refractivity contribution < 1.29 is 14.3 Å². The summed E-state index contributed by atoms with van der Waals surface area (Å²) >= 11 is 0. The van der Waals surface area contributed by atoms with Gasteiger partial charge in [-0.15, -0.1) is 0 Å². The highest BCUT2D eigenvalue weighted by Crippen LogP contribution is 2.34. The lowest BCUT2D eigenvalue weighted by Gasteiger charge is -2.29. The van der Waals surface area contributed by atoms with Crippen molar-refractivity contribution in [1.82, 2.24) is 33.5 Å². The number of aromatic nitrogens is 5. The maximum atomic E-state index is 14.6. The summed E-state index contributed by atoms with van der Waals surface area (Å²) in [4.78, 5) is 55.2. The highest BCUT2D eigenvalue weighted by Gasteiger charge is 2.29. The molecule has 3 aromatic heterocycles. The van der Waals surface area contributed by atoms with Crippen LogP contribution in [0.15, 0.2) is 76.6 Å². The van der Waals surface area contributed by atoms with E-state index < -0.39 is 17.1 Å². The van der Waals surface area contributed by atoms with Crippen molar-refractivity contribution in [2.24, 2.45) is 5.92 Å². The number of hydrogen-bond donors (Lipinski definition) is 1. The first-order valence-corrected chi connectivity index (χ1v) is 19.5. The molecule has 2 fully saturated rings. The Balaban J connectivity index is 1.02. The summed E-state index contributed by atoms with van der Waals surface area (Å²) < 4.78 is 19.4. The molecule has 1 aliphatic carbocycles. The summed E-state index contributed by atoms with van der Waals surface area (Å²) in [6.45, 7) is 6.59. The first-order chi connectivity index (χ1) is 26.3. The van der Waals surface area contributed by atoms with E-state index in [-0.39, 0.29) is 35.4 Å². The highest BCUT2D eigenvalue weighted by molar-refractivity contribution is 5.94. The first-order valence-electron chi connectivity index (χ1n) is 19.5. The van der Waals surface area contributed by atoms with Crippen LogP contribution in [0.4, 0.5) is 4.39 Å². The second-order valence-electron chi connectivity index (χ2n) is 15.3. The fourth-order valence-corrected chi connectivity index (χ4v) is 8.69. The number of Topliss-reactive ketones (excluding diaryl/α,β-unsaturated/α-hetero) is 1. The molecule has 54 heavy (non-hydrogen) atoms. The fourth-order valence-electron chi connectivity index (χ4n) is 8.69. The summed E-state index contributed by atoms with van der Waals surface area (Å²) in [7, 11) is 0. The molecule has 3 aliphatic rings. The predicted octanol–water partition coefficient (Wildman–Crippen LogP) is 5.39. The van der Waals surface area contributed by atoms with Crippen molar-refractivity contribution in [2.45, 2.75) is 76.9 Å². The molecule has 5 heterocycles. The van der Waals surface area contributed by atoms with Crippen LogP contribution in [-0.4, -0.2) is 83.7 Å². The van der Waals surface area contributed by atoms with Gasteiger partial charge in [-0.1, -0.05) is 36.4 Å². The van der Waals surface area contributed by atoms with E-state index in [1.807, 2.05) is 30.5 Å². The van der Waals surface area contributed by atoms with Gasteiger partial charge in [-0.3, -0.25) is 24.0 Å². The zero-order valence-electron chi connectivity index (χ0n) is 30.7. The molecule has 282 valence electrons. The molecule has 2 aliphatic heterocycles. The van der Waals surface area contributed by atoms with Gasteiger partial charge in [0.05, 0.1) is 23.9 Å². The van der Waals surface area contributed by atoms with E-state index in [0.29, 0.717) is 43.5 Å². The summed E-state index contributed by atoms with van der Waals surface area (Å²) in [5, 5.41) is 9.38. The number of carbonyl (C=O) groups excluding carboxylic acids is 1. The molecule has 12 heteroatoms. The Hall–Kier alpha value is -4.78. The second kappa shape index (κ2) is 15.9. The molecule has 8 rings (SSSR count). The van der Waals surface area contributed by atoms with Crippen LogP contribution in [0, 0.1) is 11.7 Å². The molecular formula is C42H48FN7O4. The number of fused-ring (bicyclic) bond motifs is 2. The van der Waals surface area contributed by atoms with Crippen LogP contribution in [0.25, 0.3) is 27.8 Å². The Labute approximate surface area is 313 Å². The minimum absolute atomic E-state index is 0.0467. The second-order valence-corrected chi connectivity index (χ2v) is 15.3. The van der Waals surface area contributed by atoms with Crippen LogP contribution < -0.4 is 11.2 Å². The zero-order valence-corrected chi connectivity index (χ0v) is 30.7. The molecule has 0 atom stereocenters. The van der Waals surface area contributed by atoms with Gasteiger partial charge in [0, 0.05) is 57.8 Å². The monoisotopic (exact) mass is 733 g/mol. The third-order valence-corrected chi connectivity index (χ3v) is 11.6. The van der Waals surface area contributed by atoms with Gasteiger partial charge >= 0.3 is 5.69 Å². The normalized spacial score (nSPS) is 19.8. The molecule has 11 nitrogen and oxygen atoms in total. The molecule has 0 spiro atoms. The van der Waals surface area contributed by atoms with E-state index >= 15 is 0 Å². The molecule has 0 bridgehead atoms. The van der Waals surface area contributed by atoms with Gasteiger partial charge in [-0.25, -0.2) is 23.7 Å². The number of aliphatic hydroxyl groups is 1. The molecule has 0 amide bonds. The van der Waals surface area contributed by atoms with Crippen molar-refractivity contribution in [3.8, 4) is 16.8 Å². The minimum Gasteiger partial charge on any atom is -0.395 e. The van der Waals surface area contributed by atoms with Crippen molar-refractivity contribution in [3.63, 3.8) is 0 Å². The zero-order chi connectivity index (χ0) is 37.2. The van der Waals surface area contributed by atoms with Gasteiger partial charge in [-0.2, -0.15) is 0 Å². The van der Waals surface area contributed by atoms with E-state index in [1.165, 1.54) is 20.8 Å². The van der Waals surface area contributed by atoms with Crippen molar-refractivity contribution in [1.29, 1.82) is 0 Å². The van der Waals surface area contributed by atoms with E-state index in [1.54, 1.807) is 0 Å². The lowest BCUT2D eigenvalue weighted by molar-refractivity contribution is 0.0938. The largest absolute Gasteiger partial charge is 0.395 e. The number of pyridine rings is 1. The van der Waals surface area contributed by atoms with Crippen LogP contribution in [-0.2, 0) is 19.5 Å². The van der Waals surface area contributed by atoms with E-state index in [4.69, 9.17) is 0 Å². The molecule has 2 aromatic carbocycles. The predicted molar refractivity (Wildman–Crippen MR) is 206 cm³/mol. The van der Waals surface area contributed by atoms with Crippen LogP contribution >= 0.6 is 0 Å². The summed E-state index contributed by atoms with van der Waals surface area (Å²) in [5.74, 6) is 0.530. The van der Waals surface area contributed by atoms with Crippen molar-refractivity contribution in [2.75, 3.05) is 39.3 Å². The van der Waals surface area contributed by atoms with Gasteiger partial charge in [-0.05, 0) is 98.8 Å². The minimum atomic E-state index is -0.643. The SMILES string of the molecule is O=C(CC1CCC(n2c(=O)c3cc(F)cnc3n(-c3cccc(-c4ccc(CN5CCCN(CCO)CC5)cc4)c3)c2=O)CC1)c1cn2c(n1)CCCC2. The van der Waals surface area contributed by atoms with E-state index in [9.17, 15) is 23.9 Å². The molecule has 0 unspecified atom stereocenters. The number of β-amino-alcohol motifs (C(OH)–C–C–N with tert-alkyl or cyclic N) is 1. The topological polar surface area (TPSA) is 118 Å². The van der Waals surface area contributed by atoms with Crippen LogP contribution in [0.2, 0.25) is 0 Å². The fraction of sp³-hybridized carbons (Fsp3) is 0.452. The van der Waals surface area contributed by atoms with Gasteiger partial charge < -0.3 is 9.67 Å². The van der Waals surface area contributed by atoms with E-state index in [0.717, 1.165) is 94.6 Å². The number of imidazole rings is 1. The average molecular weight is 734 g/mol.